The number of thioether (sulfide) groups is 1. The number of aromatic nitrogens is 3. The van der Waals surface area contributed by atoms with E-state index >= 15 is 0 Å². The number of pyridine rings is 1. The lowest BCUT2D eigenvalue weighted by Crippen LogP contribution is -2.25. The number of rotatable bonds is 4. The van der Waals surface area contributed by atoms with Gasteiger partial charge in [-0.1, -0.05) is 0 Å². The van der Waals surface area contributed by atoms with Gasteiger partial charge in [-0.3, -0.25) is 0 Å². The summed E-state index contributed by atoms with van der Waals surface area (Å²) >= 11 is 2.05. The van der Waals surface area contributed by atoms with Crippen LogP contribution < -0.4 is 0 Å². The van der Waals surface area contributed by atoms with E-state index in [2.05, 4.69) is 32.3 Å². The summed E-state index contributed by atoms with van der Waals surface area (Å²) in [4.78, 5) is 12.1. The van der Waals surface area contributed by atoms with Crippen molar-refractivity contribution in [3.63, 3.8) is 0 Å². The molecule has 4 nitrogen and oxygen atoms in total. The van der Waals surface area contributed by atoms with Gasteiger partial charge in [0.1, 0.15) is 11.3 Å². The van der Waals surface area contributed by atoms with E-state index in [4.69, 9.17) is 4.98 Å². The zero-order valence-corrected chi connectivity index (χ0v) is 13.2. The summed E-state index contributed by atoms with van der Waals surface area (Å²) in [5, 5.41) is 0. The monoisotopic (exact) mass is 302 g/mol. The topological polar surface area (TPSA) is 34.0 Å². The second-order valence-corrected chi connectivity index (χ2v) is 7.23. The number of hydrogen-bond acceptors (Lipinski definition) is 4. The first-order chi connectivity index (χ1) is 10.4. The van der Waals surface area contributed by atoms with E-state index in [0.717, 1.165) is 24.3 Å². The average molecular weight is 302 g/mol. The smallest absolute Gasteiger partial charge is 0.160 e. The molecule has 0 N–H and O–H groups in total. The number of nitrogens with zero attached hydrogens (tertiary/aromatic N) is 4. The van der Waals surface area contributed by atoms with Gasteiger partial charge in [-0.15, -0.1) is 0 Å². The number of hydrogen-bond donors (Lipinski definition) is 0. The molecule has 4 heterocycles. The molecule has 0 bridgehead atoms. The van der Waals surface area contributed by atoms with Crippen molar-refractivity contribution in [3.8, 4) is 0 Å². The third-order valence-electron chi connectivity index (χ3n) is 4.67. The molecule has 2 saturated heterocycles. The highest BCUT2D eigenvalue weighted by molar-refractivity contribution is 7.99. The van der Waals surface area contributed by atoms with Gasteiger partial charge in [0.15, 0.2) is 5.65 Å². The van der Waals surface area contributed by atoms with Crippen LogP contribution in [0.2, 0.25) is 0 Å². The highest BCUT2D eigenvalue weighted by Gasteiger charge is 2.24. The van der Waals surface area contributed by atoms with E-state index in [-0.39, 0.29) is 0 Å². The van der Waals surface area contributed by atoms with Gasteiger partial charge in [-0.05, 0) is 50.2 Å². The number of fused-ring (bicyclic) bond motifs is 1. The molecule has 4 rings (SSSR count). The van der Waals surface area contributed by atoms with E-state index in [1.54, 1.807) is 0 Å². The van der Waals surface area contributed by atoms with Gasteiger partial charge in [0.05, 0.1) is 0 Å². The SMILES string of the molecule is c1cnc2c(c1)nc(C1CCSC1)n2CCN1CCCC1. The molecule has 2 fully saturated rings. The molecule has 0 saturated carbocycles. The van der Waals surface area contributed by atoms with Crippen molar-refractivity contribution in [2.45, 2.75) is 31.7 Å². The average Bonchev–Trinajstić information content (AvgIpc) is 3.25. The molecule has 112 valence electrons. The van der Waals surface area contributed by atoms with Crippen LogP contribution in [-0.2, 0) is 6.54 Å². The largest absolute Gasteiger partial charge is 0.311 e. The fraction of sp³-hybridized carbons (Fsp3) is 0.625. The van der Waals surface area contributed by atoms with Gasteiger partial charge in [0.2, 0.25) is 0 Å². The molecule has 0 aliphatic carbocycles. The Balaban J connectivity index is 1.64. The molecule has 0 amide bonds. The minimum Gasteiger partial charge on any atom is -0.311 e. The lowest BCUT2D eigenvalue weighted by molar-refractivity contribution is 0.321. The summed E-state index contributed by atoms with van der Waals surface area (Å²) < 4.78 is 2.39. The zero-order chi connectivity index (χ0) is 14.1. The normalized spacial score (nSPS) is 23.3. The van der Waals surface area contributed by atoms with Gasteiger partial charge in [0, 0.05) is 31.0 Å². The quantitative estimate of drug-likeness (QED) is 0.869. The molecule has 5 heteroatoms. The first kappa shape index (κ1) is 13.6. The Labute approximate surface area is 129 Å². The van der Waals surface area contributed by atoms with Gasteiger partial charge < -0.3 is 9.47 Å². The Morgan fingerprint density at radius 1 is 1.24 bits per heavy atom. The van der Waals surface area contributed by atoms with Crippen molar-refractivity contribution >= 4 is 22.9 Å². The number of likely N-dealkylation sites (tertiary alicyclic amines) is 1. The van der Waals surface area contributed by atoms with Crippen molar-refractivity contribution in [2.24, 2.45) is 0 Å². The van der Waals surface area contributed by atoms with Crippen molar-refractivity contribution < 1.29 is 0 Å². The summed E-state index contributed by atoms with van der Waals surface area (Å²) in [6.45, 7) is 4.68. The van der Waals surface area contributed by atoms with E-state index in [1.165, 1.54) is 49.7 Å². The van der Waals surface area contributed by atoms with Crippen LogP contribution in [0.5, 0.6) is 0 Å². The Bertz CT molecular complexity index is 612. The maximum atomic E-state index is 4.91. The standard InChI is InChI=1S/C16H22N4S/c1-2-8-19(7-1)9-10-20-15(13-5-11-21-12-13)18-14-4-3-6-17-16(14)20/h3-4,6,13H,1-2,5,7-12H2. The molecule has 2 aromatic heterocycles. The highest BCUT2D eigenvalue weighted by atomic mass is 32.2. The highest BCUT2D eigenvalue weighted by Crippen LogP contribution is 2.33. The Hall–Kier alpha value is -1.07. The fourth-order valence-corrected chi connectivity index (χ4v) is 4.71. The minimum atomic E-state index is 0.614. The van der Waals surface area contributed by atoms with Crippen molar-refractivity contribution in [1.82, 2.24) is 19.4 Å². The van der Waals surface area contributed by atoms with E-state index in [0.29, 0.717) is 5.92 Å². The fourth-order valence-electron chi connectivity index (χ4n) is 3.49. The molecular formula is C16H22N4S. The van der Waals surface area contributed by atoms with Crippen LogP contribution >= 0.6 is 11.8 Å². The summed E-state index contributed by atoms with van der Waals surface area (Å²) in [7, 11) is 0. The van der Waals surface area contributed by atoms with Crippen LogP contribution in [0, 0.1) is 0 Å². The molecule has 0 aromatic carbocycles. The molecule has 2 aromatic rings. The van der Waals surface area contributed by atoms with E-state index in [1.807, 2.05) is 12.3 Å². The molecule has 2 aliphatic heterocycles. The molecule has 1 atom stereocenters. The lowest BCUT2D eigenvalue weighted by atomic mass is 10.1. The maximum Gasteiger partial charge on any atom is 0.160 e. The summed E-state index contributed by atoms with van der Waals surface area (Å²) in [5.74, 6) is 4.37. The third-order valence-corrected chi connectivity index (χ3v) is 5.83. The Morgan fingerprint density at radius 3 is 2.95 bits per heavy atom. The Kier molecular flexibility index (Phi) is 3.86. The van der Waals surface area contributed by atoms with Gasteiger partial charge in [0.25, 0.3) is 0 Å². The Morgan fingerprint density at radius 2 is 2.14 bits per heavy atom. The van der Waals surface area contributed by atoms with Gasteiger partial charge in [-0.25, -0.2) is 9.97 Å². The summed E-state index contributed by atoms with van der Waals surface area (Å²) in [6.07, 6.45) is 5.87. The van der Waals surface area contributed by atoms with Crippen molar-refractivity contribution in [2.75, 3.05) is 31.1 Å². The second-order valence-electron chi connectivity index (χ2n) is 6.08. The van der Waals surface area contributed by atoms with Crippen molar-refractivity contribution in [1.29, 1.82) is 0 Å². The van der Waals surface area contributed by atoms with Crippen LogP contribution in [0.3, 0.4) is 0 Å². The molecule has 1 unspecified atom stereocenters. The van der Waals surface area contributed by atoms with Crippen molar-refractivity contribution in [3.05, 3.63) is 24.2 Å². The van der Waals surface area contributed by atoms with Gasteiger partial charge in [-0.2, -0.15) is 11.8 Å². The predicted molar refractivity (Wildman–Crippen MR) is 87.9 cm³/mol. The predicted octanol–water partition coefficient (Wildman–Crippen LogP) is 2.75. The minimum absolute atomic E-state index is 0.614. The summed E-state index contributed by atoms with van der Waals surface area (Å²) in [5.41, 5.74) is 2.13. The maximum absolute atomic E-state index is 4.91. The molecule has 2 aliphatic rings. The summed E-state index contributed by atoms with van der Waals surface area (Å²) in [6, 6.07) is 4.09. The molecule has 21 heavy (non-hydrogen) atoms. The molecule has 0 radical (unpaired) electrons. The first-order valence-electron chi connectivity index (χ1n) is 8.03. The van der Waals surface area contributed by atoms with Crippen LogP contribution in [0.15, 0.2) is 18.3 Å². The van der Waals surface area contributed by atoms with Crippen LogP contribution in [-0.4, -0.2) is 50.6 Å². The van der Waals surface area contributed by atoms with Gasteiger partial charge >= 0.3 is 0 Å². The first-order valence-corrected chi connectivity index (χ1v) is 9.18. The van der Waals surface area contributed by atoms with Crippen LogP contribution in [0.1, 0.15) is 31.0 Å². The molecule has 0 spiro atoms. The lowest BCUT2D eigenvalue weighted by Gasteiger charge is -2.17. The molecular weight excluding hydrogens is 280 g/mol. The number of imidazole rings is 1. The van der Waals surface area contributed by atoms with Crippen LogP contribution in [0.25, 0.3) is 11.2 Å². The third kappa shape index (κ3) is 2.69. The van der Waals surface area contributed by atoms with E-state index in [9.17, 15) is 0 Å². The van der Waals surface area contributed by atoms with Crippen LogP contribution in [0.4, 0.5) is 0 Å². The second kappa shape index (κ2) is 5.97. The van der Waals surface area contributed by atoms with E-state index < -0.39 is 0 Å². The zero-order valence-electron chi connectivity index (χ0n) is 12.4.